The van der Waals surface area contributed by atoms with Gasteiger partial charge in [0, 0.05) is 30.7 Å². The van der Waals surface area contributed by atoms with Gasteiger partial charge in [0.2, 0.25) is 10.0 Å². The molecule has 1 aliphatic heterocycles. The highest BCUT2D eigenvalue weighted by molar-refractivity contribution is 9.10. The molecule has 0 amide bonds. The van der Waals surface area contributed by atoms with Gasteiger partial charge in [-0.3, -0.25) is 4.90 Å². The van der Waals surface area contributed by atoms with Crippen LogP contribution in [-0.4, -0.2) is 50.3 Å². The van der Waals surface area contributed by atoms with Crippen molar-refractivity contribution < 1.29 is 8.42 Å². The van der Waals surface area contributed by atoms with Crippen LogP contribution in [0.25, 0.3) is 0 Å². The first kappa shape index (κ1) is 15.7. The van der Waals surface area contributed by atoms with Crippen LogP contribution in [0, 0.1) is 11.3 Å². The van der Waals surface area contributed by atoms with Crippen LogP contribution in [0.5, 0.6) is 0 Å². The van der Waals surface area contributed by atoms with E-state index in [1.165, 1.54) is 16.4 Å². The first-order chi connectivity index (χ1) is 9.45. The molecule has 0 unspecified atom stereocenters. The smallest absolute Gasteiger partial charge is 0.243 e. The van der Waals surface area contributed by atoms with Crippen molar-refractivity contribution in [2.75, 3.05) is 32.7 Å². The highest BCUT2D eigenvalue weighted by Gasteiger charge is 2.28. The highest BCUT2D eigenvalue weighted by atomic mass is 79.9. The molecule has 0 aromatic heterocycles. The van der Waals surface area contributed by atoms with Gasteiger partial charge >= 0.3 is 0 Å². The van der Waals surface area contributed by atoms with Gasteiger partial charge in [-0.15, -0.1) is 0 Å². The Kier molecular flexibility index (Phi) is 5.04. The molecule has 0 bridgehead atoms. The minimum Gasteiger partial charge on any atom is -0.288 e. The minimum atomic E-state index is -3.50. The lowest BCUT2D eigenvalue weighted by atomic mass is 10.4. The summed E-state index contributed by atoms with van der Waals surface area (Å²) < 4.78 is 27.0. The summed E-state index contributed by atoms with van der Waals surface area (Å²) in [5.41, 5.74) is 0. The zero-order valence-electron chi connectivity index (χ0n) is 10.6. The number of halogens is 2. The van der Waals surface area contributed by atoms with Crippen molar-refractivity contribution in [2.24, 2.45) is 0 Å². The number of piperazine rings is 1. The summed E-state index contributed by atoms with van der Waals surface area (Å²) in [7, 11) is -3.50. The second-order valence-electron chi connectivity index (χ2n) is 4.41. The first-order valence-electron chi connectivity index (χ1n) is 5.99. The summed E-state index contributed by atoms with van der Waals surface area (Å²) in [4.78, 5) is 2.16. The van der Waals surface area contributed by atoms with Crippen LogP contribution < -0.4 is 0 Å². The van der Waals surface area contributed by atoms with Crippen molar-refractivity contribution in [3.8, 4) is 6.07 Å². The molecule has 0 saturated carbocycles. The van der Waals surface area contributed by atoms with Crippen molar-refractivity contribution in [3.63, 3.8) is 0 Å². The van der Waals surface area contributed by atoms with Crippen LogP contribution in [-0.2, 0) is 10.0 Å². The van der Waals surface area contributed by atoms with E-state index >= 15 is 0 Å². The van der Waals surface area contributed by atoms with Crippen LogP contribution in [0.3, 0.4) is 0 Å². The number of hydrogen-bond acceptors (Lipinski definition) is 4. The van der Waals surface area contributed by atoms with Crippen LogP contribution in [0.15, 0.2) is 27.6 Å². The van der Waals surface area contributed by atoms with Gasteiger partial charge in [0.1, 0.15) is 0 Å². The Labute approximate surface area is 131 Å². The van der Waals surface area contributed by atoms with Gasteiger partial charge in [-0.1, -0.05) is 11.6 Å². The number of rotatable bonds is 3. The van der Waals surface area contributed by atoms with Gasteiger partial charge < -0.3 is 0 Å². The number of sulfonamides is 1. The van der Waals surface area contributed by atoms with E-state index in [9.17, 15) is 8.42 Å². The van der Waals surface area contributed by atoms with Crippen molar-refractivity contribution >= 4 is 37.6 Å². The molecule has 0 N–H and O–H groups in total. The van der Waals surface area contributed by atoms with Crippen LogP contribution in [0.4, 0.5) is 0 Å². The number of nitrogens with zero attached hydrogens (tertiary/aromatic N) is 3. The van der Waals surface area contributed by atoms with Crippen molar-refractivity contribution in [1.82, 2.24) is 9.21 Å². The van der Waals surface area contributed by atoms with E-state index in [2.05, 4.69) is 22.0 Å². The fraction of sp³-hybridized carbons (Fsp3) is 0.417. The average molecular weight is 379 g/mol. The number of nitriles is 1. The largest absolute Gasteiger partial charge is 0.288 e. The Morgan fingerprint density at radius 2 is 1.95 bits per heavy atom. The van der Waals surface area contributed by atoms with E-state index in [-0.39, 0.29) is 4.90 Å². The van der Waals surface area contributed by atoms with Gasteiger partial charge in [0.05, 0.1) is 22.5 Å². The van der Waals surface area contributed by atoms with Crippen LogP contribution >= 0.6 is 27.5 Å². The van der Waals surface area contributed by atoms with Crippen molar-refractivity contribution in [3.05, 3.63) is 27.7 Å². The van der Waals surface area contributed by atoms with Crippen molar-refractivity contribution in [2.45, 2.75) is 4.90 Å². The summed E-state index contributed by atoms with van der Waals surface area (Å²) in [6, 6.07) is 6.65. The molecule has 1 aliphatic rings. The molecule has 20 heavy (non-hydrogen) atoms. The Morgan fingerprint density at radius 1 is 1.30 bits per heavy atom. The maximum atomic E-state index is 12.5. The zero-order chi connectivity index (χ0) is 14.8. The molecule has 0 radical (unpaired) electrons. The molecule has 1 aromatic rings. The van der Waals surface area contributed by atoms with Gasteiger partial charge in [0.15, 0.2) is 0 Å². The Hall–Kier alpha value is -0.650. The van der Waals surface area contributed by atoms with Crippen LogP contribution in [0.2, 0.25) is 5.02 Å². The Balaban J connectivity index is 2.16. The molecule has 0 aliphatic carbocycles. The molecule has 108 valence electrons. The molecule has 8 heteroatoms. The molecule has 1 aromatic carbocycles. The molecule has 1 saturated heterocycles. The number of hydrogen-bond donors (Lipinski definition) is 0. The second-order valence-corrected chi connectivity index (χ2v) is 7.61. The third-order valence-corrected chi connectivity index (χ3v) is 6.26. The molecule has 0 atom stereocenters. The predicted octanol–water partition coefficient (Wildman–Crippen LogP) is 1.93. The van der Waals surface area contributed by atoms with E-state index in [0.717, 1.165) is 0 Å². The van der Waals surface area contributed by atoms with Gasteiger partial charge in [-0.05, 0) is 34.1 Å². The van der Waals surface area contributed by atoms with E-state index in [0.29, 0.717) is 42.2 Å². The fourth-order valence-electron chi connectivity index (χ4n) is 2.01. The summed E-state index contributed by atoms with van der Waals surface area (Å²) in [5, 5.41) is 9.11. The summed E-state index contributed by atoms with van der Waals surface area (Å²) in [6.07, 6.45) is 0. The van der Waals surface area contributed by atoms with Crippen molar-refractivity contribution in [1.29, 1.82) is 5.26 Å². The minimum absolute atomic E-state index is 0.225. The standard InChI is InChI=1S/C12H13BrClN3O2S/c13-11-9-10(1-2-12(11)14)20(18,19)17-7-5-16(4-3-15)6-8-17/h1-2,9H,4-8H2. The van der Waals surface area contributed by atoms with Gasteiger partial charge in [-0.2, -0.15) is 9.57 Å². The fourth-order valence-corrected chi connectivity index (χ4v) is 4.11. The molecule has 1 heterocycles. The van der Waals surface area contributed by atoms with Crippen LogP contribution in [0.1, 0.15) is 0 Å². The molecule has 2 rings (SSSR count). The molecular weight excluding hydrogens is 366 g/mol. The lowest BCUT2D eigenvalue weighted by Crippen LogP contribution is -2.48. The second kappa shape index (κ2) is 6.41. The third kappa shape index (κ3) is 3.32. The highest BCUT2D eigenvalue weighted by Crippen LogP contribution is 2.27. The lowest BCUT2D eigenvalue weighted by Gasteiger charge is -2.32. The van der Waals surface area contributed by atoms with E-state index in [1.54, 1.807) is 6.07 Å². The quantitative estimate of drug-likeness (QED) is 0.754. The van der Waals surface area contributed by atoms with E-state index in [1.807, 2.05) is 4.90 Å². The Morgan fingerprint density at radius 3 is 2.50 bits per heavy atom. The monoisotopic (exact) mass is 377 g/mol. The molecule has 0 spiro atoms. The first-order valence-corrected chi connectivity index (χ1v) is 8.61. The maximum absolute atomic E-state index is 12.5. The topological polar surface area (TPSA) is 64.4 Å². The maximum Gasteiger partial charge on any atom is 0.243 e. The summed E-state index contributed by atoms with van der Waals surface area (Å²) in [5.74, 6) is 0. The lowest BCUT2D eigenvalue weighted by molar-refractivity contribution is 0.206. The molecule has 1 fully saturated rings. The zero-order valence-corrected chi connectivity index (χ0v) is 13.7. The molecule has 5 nitrogen and oxygen atoms in total. The third-order valence-electron chi connectivity index (χ3n) is 3.15. The van der Waals surface area contributed by atoms with Gasteiger partial charge in [-0.25, -0.2) is 8.42 Å². The van der Waals surface area contributed by atoms with E-state index < -0.39 is 10.0 Å². The number of benzene rings is 1. The summed E-state index contributed by atoms with van der Waals surface area (Å²) >= 11 is 9.11. The van der Waals surface area contributed by atoms with Gasteiger partial charge in [0.25, 0.3) is 0 Å². The molecular formula is C12H13BrClN3O2S. The Bertz CT molecular complexity index is 637. The van der Waals surface area contributed by atoms with E-state index in [4.69, 9.17) is 16.9 Å². The summed E-state index contributed by atoms with van der Waals surface area (Å²) in [6.45, 7) is 2.26. The predicted molar refractivity (Wildman–Crippen MR) is 80.0 cm³/mol. The average Bonchev–Trinajstić information content (AvgIpc) is 2.43. The normalized spacial score (nSPS) is 17.9. The SMILES string of the molecule is N#CCN1CCN(S(=O)(=O)c2ccc(Cl)c(Br)c2)CC1.